The molecule has 2 aromatic carbocycles. The molecule has 1 unspecified atom stereocenters. The van der Waals surface area contributed by atoms with Crippen LogP contribution in [0.1, 0.15) is 34.5 Å². The van der Waals surface area contributed by atoms with Gasteiger partial charge in [-0.3, -0.25) is 9.69 Å². The molecule has 1 aliphatic heterocycles. The van der Waals surface area contributed by atoms with E-state index in [0.29, 0.717) is 12.8 Å². The normalized spacial score (nSPS) is 20.5. The van der Waals surface area contributed by atoms with Crippen LogP contribution < -0.4 is 5.32 Å². The van der Waals surface area contributed by atoms with E-state index < -0.39 is 5.54 Å². The van der Waals surface area contributed by atoms with Crippen molar-refractivity contribution in [3.05, 3.63) is 82.7 Å². The second kappa shape index (κ2) is 6.83. The number of aromatic nitrogens is 2. The standard InChI is InChI=1S/C24H24N4O2/c1-16-13-17(2)28(26-16)21-9-7-18(8-10-21)15-27-22(29)24(25-23(27)30)12-11-19-5-3-4-6-20(19)14-24/h3-10,13H,11-12,14-15H2,1-2H3,(H,25,30). The Balaban J connectivity index is 1.35. The number of nitrogens with one attached hydrogen (secondary N) is 1. The van der Waals surface area contributed by atoms with Gasteiger partial charge in [0.15, 0.2) is 0 Å². The van der Waals surface area contributed by atoms with E-state index in [1.807, 2.05) is 61.0 Å². The first-order chi connectivity index (χ1) is 14.4. The highest BCUT2D eigenvalue weighted by Gasteiger charge is 2.52. The minimum absolute atomic E-state index is 0.121. The molecule has 6 nitrogen and oxygen atoms in total. The van der Waals surface area contributed by atoms with Crippen molar-refractivity contribution >= 4 is 11.9 Å². The Hall–Kier alpha value is -3.41. The van der Waals surface area contributed by atoms with Gasteiger partial charge in [-0.05, 0) is 61.6 Å². The van der Waals surface area contributed by atoms with Crippen LogP contribution in [-0.2, 0) is 24.2 Å². The molecule has 3 aromatic rings. The molecule has 2 aliphatic rings. The number of carbonyl (C=O) groups excluding carboxylic acids is 2. The average Bonchev–Trinajstić information content (AvgIpc) is 3.19. The fourth-order valence-corrected chi connectivity index (χ4v) is 4.66. The van der Waals surface area contributed by atoms with Crippen LogP contribution in [0.5, 0.6) is 0 Å². The van der Waals surface area contributed by atoms with Gasteiger partial charge in [-0.1, -0.05) is 36.4 Å². The zero-order valence-corrected chi connectivity index (χ0v) is 17.2. The maximum absolute atomic E-state index is 13.3. The van der Waals surface area contributed by atoms with E-state index in [9.17, 15) is 9.59 Å². The molecule has 30 heavy (non-hydrogen) atoms. The van der Waals surface area contributed by atoms with Crippen LogP contribution in [0.2, 0.25) is 0 Å². The van der Waals surface area contributed by atoms with Gasteiger partial charge in [-0.15, -0.1) is 0 Å². The molecule has 0 radical (unpaired) electrons. The summed E-state index contributed by atoms with van der Waals surface area (Å²) in [5, 5.41) is 7.50. The third kappa shape index (κ3) is 3.00. The number of benzene rings is 2. The Morgan fingerprint density at radius 1 is 1.03 bits per heavy atom. The number of hydrogen-bond donors (Lipinski definition) is 1. The van der Waals surface area contributed by atoms with E-state index in [0.717, 1.165) is 34.6 Å². The summed E-state index contributed by atoms with van der Waals surface area (Å²) in [6.07, 6.45) is 2.00. The number of hydrogen-bond acceptors (Lipinski definition) is 3. The molecule has 1 atom stereocenters. The summed E-state index contributed by atoms with van der Waals surface area (Å²) in [6, 6.07) is 17.7. The quantitative estimate of drug-likeness (QED) is 0.685. The zero-order chi connectivity index (χ0) is 20.9. The maximum Gasteiger partial charge on any atom is 0.325 e. The Morgan fingerprint density at radius 3 is 2.47 bits per heavy atom. The highest BCUT2D eigenvalue weighted by atomic mass is 16.2. The molecule has 6 heteroatoms. The molecule has 1 aromatic heterocycles. The van der Waals surface area contributed by atoms with Gasteiger partial charge in [0.2, 0.25) is 0 Å². The summed E-state index contributed by atoms with van der Waals surface area (Å²) >= 11 is 0. The molecule has 1 spiro atoms. The van der Waals surface area contributed by atoms with Gasteiger partial charge < -0.3 is 5.32 Å². The largest absolute Gasteiger partial charge is 0.325 e. The lowest BCUT2D eigenvalue weighted by Gasteiger charge is -2.32. The van der Waals surface area contributed by atoms with Gasteiger partial charge in [-0.2, -0.15) is 5.10 Å². The van der Waals surface area contributed by atoms with Crippen LogP contribution in [0.3, 0.4) is 0 Å². The Morgan fingerprint density at radius 2 is 1.77 bits per heavy atom. The molecule has 1 fully saturated rings. The molecule has 3 amide bonds. The molecule has 0 saturated carbocycles. The highest BCUT2D eigenvalue weighted by molar-refractivity contribution is 6.07. The lowest BCUT2D eigenvalue weighted by molar-refractivity contribution is -0.132. The SMILES string of the molecule is Cc1cc(C)n(-c2ccc(CN3C(=O)NC4(CCc5ccccc5C4)C3=O)cc2)n1. The predicted octanol–water partition coefficient (Wildman–Crippen LogP) is 3.47. The van der Waals surface area contributed by atoms with Gasteiger partial charge in [0, 0.05) is 12.1 Å². The number of imide groups is 1. The van der Waals surface area contributed by atoms with E-state index in [2.05, 4.69) is 22.5 Å². The first-order valence-corrected chi connectivity index (χ1v) is 10.3. The van der Waals surface area contributed by atoms with Gasteiger partial charge in [0.1, 0.15) is 5.54 Å². The number of fused-ring (bicyclic) bond motifs is 1. The predicted molar refractivity (Wildman–Crippen MR) is 113 cm³/mol. The van der Waals surface area contributed by atoms with Crippen molar-refractivity contribution in [1.82, 2.24) is 20.0 Å². The van der Waals surface area contributed by atoms with Crippen LogP contribution >= 0.6 is 0 Å². The molecule has 1 N–H and O–H groups in total. The molecule has 152 valence electrons. The smallest absolute Gasteiger partial charge is 0.323 e. The van der Waals surface area contributed by atoms with Crippen LogP contribution in [0.25, 0.3) is 5.69 Å². The Kier molecular flexibility index (Phi) is 4.24. The van der Waals surface area contributed by atoms with Crippen LogP contribution in [0.15, 0.2) is 54.6 Å². The fourth-order valence-electron chi connectivity index (χ4n) is 4.66. The van der Waals surface area contributed by atoms with Gasteiger partial charge in [0.05, 0.1) is 17.9 Å². The van der Waals surface area contributed by atoms with Crippen molar-refractivity contribution in [2.75, 3.05) is 0 Å². The monoisotopic (exact) mass is 400 g/mol. The fraction of sp³-hybridized carbons (Fsp3) is 0.292. The van der Waals surface area contributed by atoms with E-state index in [-0.39, 0.29) is 18.5 Å². The number of urea groups is 1. The topological polar surface area (TPSA) is 67.2 Å². The van der Waals surface area contributed by atoms with Crippen molar-refractivity contribution in [3.63, 3.8) is 0 Å². The summed E-state index contributed by atoms with van der Waals surface area (Å²) in [7, 11) is 0. The average molecular weight is 400 g/mol. The molecule has 2 heterocycles. The molecule has 0 bridgehead atoms. The Bertz CT molecular complexity index is 1150. The second-order valence-electron chi connectivity index (χ2n) is 8.35. The van der Waals surface area contributed by atoms with Crippen molar-refractivity contribution in [2.45, 2.75) is 45.2 Å². The van der Waals surface area contributed by atoms with E-state index in [1.54, 1.807) is 0 Å². The van der Waals surface area contributed by atoms with Crippen molar-refractivity contribution in [3.8, 4) is 5.69 Å². The first kappa shape index (κ1) is 18.6. The lowest BCUT2D eigenvalue weighted by atomic mass is 9.78. The van der Waals surface area contributed by atoms with E-state index in [4.69, 9.17) is 0 Å². The summed E-state index contributed by atoms with van der Waals surface area (Å²) in [5.74, 6) is -0.121. The summed E-state index contributed by atoms with van der Waals surface area (Å²) in [6.45, 7) is 4.25. The van der Waals surface area contributed by atoms with E-state index in [1.165, 1.54) is 10.5 Å². The summed E-state index contributed by atoms with van der Waals surface area (Å²) in [5.41, 5.74) is 5.51. The second-order valence-corrected chi connectivity index (χ2v) is 8.35. The van der Waals surface area contributed by atoms with Crippen molar-refractivity contribution in [2.24, 2.45) is 0 Å². The third-order valence-electron chi connectivity index (χ3n) is 6.21. The van der Waals surface area contributed by atoms with Gasteiger partial charge in [-0.25, -0.2) is 9.48 Å². The number of amides is 3. The minimum atomic E-state index is -0.810. The zero-order valence-electron chi connectivity index (χ0n) is 17.2. The number of rotatable bonds is 3. The summed E-state index contributed by atoms with van der Waals surface area (Å²) in [4.78, 5) is 27.3. The van der Waals surface area contributed by atoms with Crippen LogP contribution in [0, 0.1) is 13.8 Å². The van der Waals surface area contributed by atoms with E-state index >= 15 is 0 Å². The molecular weight excluding hydrogens is 376 g/mol. The minimum Gasteiger partial charge on any atom is -0.323 e. The highest BCUT2D eigenvalue weighted by Crippen LogP contribution is 2.34. The third-order valence-corrected chi connectivity index (χ3v) is 6.21. The lowest BCUT2D eigenvalue weighted by Crippen LogP contribution is -2.51. The first-order valence-electron chi connectivity index (χ1n) is 10.3. The molecular formula is C24H24N4O2. The number of nitrogens with zero attached hydrogens (tertiary/aromatic N) is 3. The van der Waals surface area contributed by atoms with Crippen LogP contribution in [0.4, 0.5) is 4.79 Å². The van der Waals surface area contributed by atoms with Crippen molar-refractivity contribution in [1.29, 1.82) is 0 Å². The van der Waals surface area contributed by atoms with Gasteiger partial charge in [0.25, 0.3) is 5.91 Å². The number of carbonyl (C=O) groups is 2. The summed E-state index contributed by atoms with van der Waals surface area (Å²) < 4.78 is 1.89. The Labute approximate surface area is 175 Å². The molecule has 1 saturated heterocycles. The van der Waals surface area contributed by atoms with Gasteiger partial charge >= 0.3 is 6.03 Å². The maximum atomic E-state index is 13.3. The van der Waals surface area contributed by atoms with Crippen LogP contribution in [-0.4, -0.2) is 32.2 Å². The van der Waals surface area contributed by atoms with Crippen molar-refractivity contribution < 1.29 is 9.59 Å². The molecule has 5 rings (SSSR count). The number of aryl methyl sites for hydroxylation is 3. The molecule has 1 aliphatic carbocycles.